The van der Waals surface area contributed by atoms with Crippen molar-refractivity contribution >= 4 is 27.7 Å². The van der Waals surface area contributed by atoms with Gasteiger partial charge in [-0.25, -0.2) is 0 Å². The zero-order valence-electron chi connectivity index (χ0n) is 13.5. The molecular formula is C19H23BrN2S. The topological polar surface area (TPSA) is 6.48 Å². The molecule has 0 aromatic heterocycles. The van der Waals surface area contributed by atoms with E-state index in [1.165, 1.54) is 16.0 Å². The fraction of sp³-hybridized carbons (Fsp3) is 0.368. The normalized spacial score (nSPS) is 16.6. The summed E-state index contributed by atoms with van der Waals surface area (Å²) >= 11 is 5.30. The molecule has 1 aliphatic heterocycles. The highest BCUT2D eigenvalue weighted by atomic mass is 79.9. The number of thioether (sulfide) groups is 1. The van der Waals surface area contributed by atoms with E-state index in [4.69, 9.17) is 0 Å². The molecule has 0 atom stereocenters. The van der Waals surface area contributed by atoms with Gasteiger partial charge in [0, 0.05) is 48.6 Å². The maximum absolute atomic E-state index is 3.50. The van der Waals surface area contributed by atoms with Crippen molar-refractivity contribution in [3.8, 4) is 0 Å². The Kier molecular flexibility index (Phi) is 6.17. The molecule has 0 N–H and O–H groups in total. The van der Waals surface area contributed by atoms with Gasteiger partial charge >= 0.3 is 0 Å². The summed E-state index contributed by atoms with van der Waals surface area (Å²) < 4.78 is 1.15. The highest BCUT2D eigenvalue weighted by Gasteiger charge is 2.17. The van der Waals surface area contributed by atoms with Crippen LogP contribution in [0.4, 0.5) is 0 Å². The van der Waals surface area contributed by atoms with Gasteiger partial charge in [-0.1, -0.05) is 40.2 Å². The summed E-state index contributed by atoms with van der Waals surface area (Å²) in [5, 5.41) is 0. The van der Waals surface area contributed by atoms with Gasteiger partial charge in [-0.2, -0.15) is 0 Å². The molecule has 3 rings (SSSR count). The SMILES string of the molecule is CSc1ccc(CN2CCN(Cc3ccc(Br)cc3)CC2)cc1. The molecule has 2 nitrogen and oxygen atoms in total. The predicted octanol–water partition coefficient (Wildman–Crippen LogP) is 4.49. The highest BCUT2D eigenvalue weighted by molar-refractivity contribution is 9.10. The summed E-state index contributed by atoms with van der Waals surface area (Å²) in [5.41, 5.74) is 2.82. The minimum atomic E-state index is 1.06. The Morgan fingerprint density at radius 2 is 1.22 bits per heavy atom. The fourth-order valence-electron chi connectivity index (χ4n) is 2.94. The third kappa shape index (κ3) is 5.08. The largest absolute Gasteiger partial charge is 0.297 e. The van der Waals surface area contributed by atoms with Crippen LogP contribution in [-0.4, -0.2) is 42.2 Å². The van der Waals surface area contributed by atoms with Crippen molar-refractivity contribution in [1.29, 1.82) is 0 Å². The molecule has 0 radical (unpaired) electrons. The Bertz CT molecular complexity index is 604. The van der Waals surface area contributed by atoms with Crippen LogP contribution in [0.5, 0.6) is 0 Å². The van der Waals surface area contributed by atoms with Gasteiger partial charge < -0.3 is 0 Å². The zero-order valence-corrected chi connectivity index (χ0v) is 15.9. The van der Waals surface area contributed by atoms with E-state index >= 15 is 0 Å². The second-order valence-electron chi connectivity index (χ2n) is 6.03. The lowest BCUT2D eigenvalue weighted by molar-refractivity contribution is 0.122. The molecule has 4 heteroatoms. The Labute approximate surface area is 152 Å². The summed E-state index contributed by atoms with van der Waals surface area (Å²) in [6, 6.07) is 17.7. The molecule has 1 aliphatic rings. The van der Waals surface area contributed by atoms with Gasteiger partial charge in [-0.05, 0) is 41.6 Å². The number of hydrogen-bond acceptors (Lipinski definition) is 3. The zero-order chi connectivity index (χ0) is 16.1. The second kappa shape index (κ2) is 8.34. The molecule has 0 amide bonds. The molecule has 0 aliphatic carbocycles. The van der Waals surface area contributed by atoms with Crippen LogP contribution < -0.4 is 0 Å². The van der Waals surface area contributed by atoms with E-state index in [0.29, 0.717) is 0 Å². The molecule has 1 fully saturated rings. The summed E-state index contributed by atoms with van der Waals surface area (Å²) in [4.78, 5) is 6.45. The van der Waals surface area contributed by atoms with E-state index < -0.39 is 0 Å². The Morgan fingerprint density at radius 3 is 1.65 bits per heavy atom. The van der Waals surface area contributed by atoms with Crippen LogP contribution >= 0.6 is 27.7 Å². The van der Waals surface area contributed by atoms with Gasteiger partial charge in [0.1, 0.15) is 0 Å². The van der Waals surface area contributed by atoms with Crippen LogP contribution in [0.2, 0.25) is 0 Å². The minimum absolute atomic E-state index is 1.06. The van der Waals surface area contributed by atoms with Crippen molar-refractivity contribution in [3.63, 3.8) is 0 Å². The molecule has 1 saturated heterocycles. The Morgan fingerprint density at radius 1 is 0.783 bits per heavy atom. The van der Waals surface area contributed by atoms with E-state index in [2.05, 4.69) is 80.5 Å². The first-order chi connectivity index (χ1) is 11.2. The third-order valence-electron chi connectivity index (χ3n) is 4.35. The first kappa shape index (κ1) is 17.0. The quantitative estimate of drug-likeness (QED) is 0.694. The smallest absolute Gasteiger partial charge is 0.0234 e. The molecule has 1 heterocycles. The van der Waals surface area contributed by atoms with Crippen molar-refractivity contribution in [2.45, 2.75) is 18.0 Å². The first-order valence-corrected chi connectivity index (χ1v) is 10.1. The average molecular weight is 391 g/mol. The average Bonchev–Trinajstić information content (AvgIpc) is 2.59. The lowest BCUT2D eigenvalue weighted by Crippen LogP contribution is -2.45. The van der Waals surface area contributed by atoms with Crippen molar-refractivity contribution in [3.05, 3.63) is 64.1 Å². The van der Waals surface area contributed by atoms with E-state index in [1.807, 2.05) is 0 Å². The first-order valence-electron chi connectivity index (χ1n) is 8.05. The minimum Gasteiger partial charge on any atom is -0.297 e. The van der Waals surface area contributed by atoms with Crippen molar-refractivity contribution < 1.29 is 0 Å². The predicted molar refractivity (Wildman–Crippen MR) is 103 cm³/mol. The van der Waals surface area contributed by atoms with E-state index in [9.17, 15) is 0 Å². The van der Waals surface area contributed by atoms with Gasteiger partial charge in [-0.15, -0.1) is 11.8 Å². The van der Waals surface area contributed by atoms with Gasteiger partial charge in [0.2, 0.25) is 0 Å². The molecule has 0 saturated carbocycles. The molecule has 0 bridgehead atoms. The number of hydrogen-bond donors (Lipinski definition) is 0. The number of halogens is 1. The van der Waals surface area contributed by atoms with Gasteiger partial charge in [-0.3, -0.25) is 9.80 Å². The standard InChI is InChI=1S/C19H23BrN2S/c1-23-19-8-4-17(5-9-19)15-22-12-10-21(11-13-22)14-16-2-6-18(20)7-3-16/h2-9H,10-15H2,1H3. The highest BCUT2D eigenvalue weighted by Crippen LogP contribution is 2.17. The molecule has 122 valence electrons. The lowest BCUT2D eigenvalue weighted by Gasteiger charge is -2.34. The molecule has 0 spiro atoms. The lowest BCUT2D eigenvalue weighted by atomic mass is 10.1. The van der Waals surface area contributed by atoms with Gasteiger partial charge in [0.25, 0.3) is 0 Å². The molecule has 23 heavy (non-hydrogen) atoms. The van der Waals surface area contributed by atoms with Crippen LogP contribution in [0.3, 0.4) is 0 Å². The van der Waals surface area contributed by atoms with Crippen LogP contribution in [0.25, 0.3) is 0 Å². The summed E-state index contributed by atoms with van der Waals surface area (Å²) in [5.74, 6) is 0. The van der Waals surface area contributed by atoms with Gasteiger partial charge in [0.05, 0.1) is 0 Å². The summed E-state index contributed by atoms with van der Waals surface area (Å²) in [7, 11) is 0. The third-order valence-corrected chi connectivity index (χ3v) is 5.62. The second-order valence-corrected chi connectivity index (χ2v) is 7.82. The van der Waals surface area contributed by atoms with Crippen molar-refractivity contribution in [2.24, 2.45) is 0 Å². The molecule has 2 aromatic carbocycles. The van der Waals surface area contributed by atoms with Gasteiger partial charge in [0.15, 0.2) is 0 Å². The maximum Gasteiger partial charge on any atom is 0.0234 e. The van der Waals surface area contributed by atoms with E-state index in [1.54, 1.807) is 11.8 Å². The summed E-state index contributed by atoms with van der Waals surface area (Å²) in [6.07, 6.45) is 2.12. The monoisotopic (exact) mass is 390 g/mol. The van der Waals surface area contributed by atoms with Crippen molar-refractivity contribution in [1.82, 2.24) is 9.80 Å². The van der Waals surface area contributed by atoms with Crippen LogP contribution in [-0.2, 0) is 13.1 Å². The molecular weight excluding hydrogens is 368 g/mol. The van der Waals surface area contributed by atoms with Crippen LogP contribution in [0.15, 0.2) is 57.9 Å². The number of nitrogens with zero attached hydrogens (tertiary/aromatic N) is 2. The van der Waals surface area contributed by atoms with Crippen molar-refractivity contribution in [2.75, 3.05) is 32.4 Å². The number of benzene rings is 2. The Balaban J connectivity index is 1.47. The van der Waals surface area contributed by atoms with Crippen LogP contribution in [0, 0.1) is 0 Å². The molecule has 2 aromatic rings. The summed E-state index contributed by atoms with van der Waals surface area (Å²) in [6.45, 7) is 6.74. The van der Waals surface area contributed by atoms with Crippen LogP contribution in [0.1, 0.15) is 11.1 Å². The van der Waals surface area contributed by atoms with E-state index in [-0.39, 0.29) is 0 Å². The number of piperazine rings is 1. The maximum atomic E-state index is 3.50. The van der Waals surface area contributed by atoms with E-state index in [0.717, 1.165) is 43.7 Å². The molecule has 0 unspecified atom stereocenters. The Hall–Kier alpha value is -0.810. The number of rotatable bonds is 5. The fourth-order valence-corrected chi connectivity index (χ4v) is 3.62.